The van der Waals surface area contributed by atoms with Crippen LogP contribution in [0.3, 0.4) is 0 Å². The lowest BCUT2D eigenvalue weighted by Crippen LogP contribution is -2.47. The van der Waals surface area contributed by atoms with Crippen molar-refractivity contribution in [2.75, 3.05) is 36.0 Å². The van der Waals surface area contributed by atoms with Gasteiger partial charge in [0.2, 0.25) is 5.69 Å². The molecule has 0 N–H and O–H groups in total. The fourth-order valence-electron chi connectivity index (χ4n) is 3.30. The minimum atomic E-state index is -0.499. The van der Waals surface area contributed by atoms with Gasteiger partial charge in [-0.3, -0.25) is 10.1 Å². The highest BCUT2D eigenvalue weighted by atomic mass is 19.1. The fourth-order valence-corrected chi connectivity index (χ4v) is 3.30. The van der Waals surface area contributed by atoms with Crippen molar-refractivity contribution in [3.05, 3.63) is 70.2 Å². The summed E-state index contributed by atoms with van der Waals surface area (Å²) >= 11 is 0. The van der Waals surface area contributed by atoms with Gasteiger partial charge >= 0.3 is 0 Å². The first kappa shape index (κ1) is 18.4. The Kier molecular flexibility index (Phi) is 4.78. The second kappa shape index (κ2) is 7.55. The number of aromatic nitrogens is 3. The Balaban J connectivity index is 1.56. The smallest absolute Gasteiger partial charge is 0.271 e. The van der Waals surface area contributed by atoms with Crippen molar-refractivity contribution < 1.29 is 9.31 Å². The summed E-state index contributed by atoms with van der Waals surface area (Å²) in [5, 5.41) is 29.0. The van der Waals surface area contributed by atoms with Gasteiger partial charge in [0.1, 0.15) is 11.9 Å². The topological polar surface area (TPSA) is 104 Å². The van der Waals surface area contributed by atoms with E-state index in [-0.39, 0.29) is 17.2 Å². The van der Waals surface area contributed by atoms with Crippen LogP contribution in [0.4, 0.5) is 21.6 Å². The van der Waals surface area contributed by atoms with Gasteiger partial charge in [-0.05, 0) is 18.2 Å². The van der Waals surface area contributed by atoms with Crippen molar-refractivity contribution in [1.82, 2.24) is 15.0 Å². The quantitative estimate of drug-likeness (QED) is 0.495. The van der Waals surface area contributed by atoms with Crippen LogP contribution in [0.1, 0.15) is 5.69 Å². The number of benzene rings is 2. The summed E-state index contributed by atoms with van der Waals surface area (Å²) in [6.07, 6.45) is 0. The van der Waals surface area contributed by atoms with Crippen molar-refractivity contribution in [3.63, 3.8) is 0 Å². The zero-order valence-electron chi connectivity index (χ0n) is 15.3. The van der Waals surface area contributed by atoms with Gasteiger partial charge in [0, 0.05) is 38.3 Å². The molecule has 4 rings (SSSR count). The Bertz CT molecular complexity index is 1100. The second-order valence-electron chi connectivity index (χ2n) is 6.48. The molecule has 146 valence electrons. The van der Waals surface area contributed by atoms with E-state index in [4.69, 9.17) is 0 Å². The van der Waals surface area contributed by atoms with Crippen LogP contribution in [-0.2, 0) is 0 Å². The molecule has 0 unspecified atom stereocenters. The van der Waals surface area contributed by atoms with Crippen LogP contribution in [0.5, 0.6) is 0 Å². The molecule has 0 saturated carbocycles. The third kappa shape index (κ3) is 3.58. The molecular formula is C19H16FN7O2. The van der Waals surface area contributed by atoms with Crippen LogP contribution in [0.15, 0.2) is 48.5 Å². The van der Waals surface area contributed by atoms with E-state index in [2.05, 4.69) is 10.2 Å². The zero-order valence-corrected chi connectivity index (χ0v) is 15.3. The SMILES string of the molecule is N#Cc1nn(-c2cccc([N+](=O)[O-])c2)nc1N1CCN(c2ccccc2F)CC1. The summed E-state index contributed by atoms with van der Waals surface area (Å²) in [6.45, 7) is 2.21. The lowest BCUT2D eigenvalue weighted by molar-refractivity contribution is -0.384. The van der Waals surface area contributed by atoms with Crippen molar-refractivity contribution >= 4 is 17.2 Å². The van der Waals surface area contributed by atoms with Crippen molar-refractivity contribution in [2.45, 2.75) is 0 Å². The number of anilines is 2. The number of halogens is 1. The highest BCUT2D eigenvalue weighted by molar-refractivity contribution is 5.54. The highest BCUT2D eigenvalue weighted by Gasteiger charge is 2.25. The molecule has 1 aromatic heterocycles. The van der Waals surface area contributed by atoms with E-state index >= 15 is 0 Å². The van der Waals surface area contributed by atoms with Gasteiger partial charge in [-0.25, -0.2) is 4.39 Å². The number of para-hydroxylation sites is 1. The fraction of sp³-hybridized carbons (Fsp3) is 0.211. The van der Waals surface area contributed by atoms with E-state index in [1.165, 1.54) is 29.1 Å². The molecule has 1 fully saturated rings. The number of non-ortho nitro benzene ring substituents is 1. The van der Waals surface area contributed by atoms with Crippen LogP contribution in [-0.4, -0.2) is 46.1 Å². The number of piperazine rings is 1. The van der Waals surface area contributed by atoms with Gasteiger partial charge in [0.15, 0.2) is 5.82 Å². The van der Waals surface area contributed by atoms with Crippen molar-refractivity contribution in [1.29, 1.82) is 5.26 Å². The maximum atomic E-state index is 14.0. The predicted octanol–water partition coefficient (Wildman–Crippen LogP) is 2.51. The van der Waals surface area contributed by atoms with E-state index in [1.54, 1.807) is 24.3 Å². The lowest BCUT2D eigenvalue weighted by Gasteiger charge is -2.36. The Labute approximate surface area is 165 Å². The van der Waals surface area contributed by atoms with Gasteiger partial charge in [-0.15, -0.1) is 15.0 Å². The van der Waals surface area contributed by atoms with Gasteiger partial charge < -0.3 is 9.80 Å². The molecule has 0 bridgehead atoms. The number of nitro groups is 1. The Hall–Kier alpha value is -4.00. The molecule has 0 radical (unpaired) electrons. The third-order valence-electron chi connectivity index (χ3n) is 4.75. The Morgan fingerprint density at radius 1 is 1.03 bits per heavy atom. The van der Waals surface area contributed by atoms with Gasteiger partial charge in [-0.2, -0.15) is 5.26 Å². The van der Waals surface area contributed by atoms with Crippen molar-refractivity contribution in [3.8, 4) is 11.8 Å². The van der Waals surface area contributed by atoms with Crippen LogP contribution >= 0.6 is 0 Å². The molecule has 0 amide bonds. The largest absolute Gasteiger partial charge is 0.366 e. The molecule has 10 heteroatoms. The molecule has 0 aliphatic carbocycles. The van der Waals surface area contributed by atoms with E-state index < -0.39 is 4.92 Å². The number of hydrogen-bond acceptors (Lipinski definition) is 7. The molecule has 2 aromatic carbocycles. The summed E-state index contributed by atoms with van der Waals surface area (Å²) in [7, 11) is 0. The second-order valence-corrected chi connectivity index (χ2v) is 6.48. The summed E-state index contributed by atoms with van der Waals surface area (Å²) in [5.41, 5.74) is 0.994. The van der Waals surface area contributed by atoms with Crippen LogP contribution in [0, 0.1) is 27.3 Å². The average molecular weight is 393 g/mol. The maximum Gasteiger partial charge on any atom is 0.271 e. The summed E-state index contributed by atoms with van der Waals surface area (Å²) in [4.78, 5) is 15.6. The molecule has 2 heterocycles. The van der Waals surface area contributed by atoms with Crippen LogP contribution in [0.2, 0.25) is 0 Å². The summed E-state index contributed by atoms with van der Waals surface area (Å²) < 4.78 is 14.0. The summed E-state index contributed by atoms with van der Waals surface area (Å²) in [5.74, 6) is 0.141. The number of nitrogens with zero attached hydrogens (tertiary/aromatic N) is 7. The van der Waals surface area contributed by atoms with E-state index in [0.717, 1.165) is 0 Å². The van der Waals surface area contributed by atoms with Gasteiger partial charge in [0.05, 0.1) is 16.3 Å². The van der Waals surface area contributed by atoms with Crippen molar-refractivity contribution in [2.24, 2.45) is 0 Å². The first-order valence-corrected chi connectivity index (χ1v) is 8.93. The molecule has 1 aliphatic rings. The normalized spacial score (nSPS) is 13.9. The van der Waals surface area contributed by atoms with Crippen LogP contribution in [0.25, 0.3) is 5.69 Å². The van der Waals surface area contributed by atoms with Gasteiger partial charge in [0.25, 0.3) is 5.69 Å². The highest BCUT2D eigenvalue weighted by Crippen LogP contribution is 2.24. The molecular weight excluding hydrogens is 377 g/mol. The molecule has 29 heavy (non-hydrogen) atoms. The van der Waals surface area contributed by atoms with Gasteiger partial charge in [-0.1, -0.05) is 18.2 Å². The molecule has 1 aliphatic heterocycles. The molecule has 0 spiro atoms. The monoisotopic (exact) mass is 393 g/mol. The lowest BCUT2D eigenvalue weighted by atomic mass is 10.2. The first-order valence-electron chi connectivity index (χ1n) is 8.93. The standard InChI is InChI=1S/C19H16FN7O2/c20-16-6-1-2-7-18(16)24-8-10-25(11-9-24)19-17(13-21)22-26(23-19)14-4-3-5-15(12-14)27(28)29/h1-7,12H,8-11H2. The third-order valence-corrected chi connectivity index (χ3v) is 4.75. The number of hydrogen-bond donors (Lipinski definition) is 0. The first-order chi connectivity index (χ1) is 14.1. The molecule has 0 atom stereocenters. The zero-order chi connectivity index (χ0) is 20.4. The van der Waals surface area contributed by atoms with E-state index in [0.29, 0.717) is 43.4 Å². The average Bonchev–Trinajstić information content (AvgIpc) is 3.19. The van der Waals surface area contributed by atoms with Crippen LogP contribution < -0.4 is 9.80 Å². The maximum absolute atomic E-state index is 14.0. The number of rotatable bonds is 4. The number of nitro benzene ring substituents is 1. The number of nitriles is 1. The Morgan fingerprint density at radius 3 is 2.45 bits per heavy atom. The van der Waals surface area contributed by atoms with E-state index in [9.17, 15) is 19.8 Å². The molecule has 9 nitrogen and oxygen atoms in total. The Morgan fingerprint density at radius 2 is 1.76 bits per heavy atom. The minimum absolute atomic E-state index is 0.0849. The molecule has 1 saturated heterocycles. The minimum Gasteiger partial charge on any atom is -0.366 e. The van der Waals surface area contributed by atoms with E-state index in [1.807, 2.05) is 15.9 Å². The summed E-state index contributed by atoms with van der Waals surface area (Å²) in [6, 6.07) is 14.5. The molecule has 3 aromatic rings. The predicted molar refractivity (Wildman–Crippen MR) is 104 cm³/mol.